The van der Waals surface area contributed by atoms with Crippen LogP contribution in [0, 0.1) is 17.3 Å². The van der Waals surface area contributed by atoms with Crippen LogP contribution >= 0.6 is 0 Å². The Bertz CT molecular complexity index is 299. The van der Waals surface area contributed by atoms with E-state index in [1.807, 2.05) is 0 Å². The average Bonchev–Trinajstić information content (AvgIpc) is 2.87. The molecular formula is C15H28N2. The number of hydrogen-bond acceptors (Lipinski definition) is 2. The summed E-state index contributed by atoms with van der Waals surface area (Å²) in [6, 6.07) is 0. The second-order valence-electron chi connectivity index (χ2n) is 7.58. The molecule has 17 heavy (non-hydrogen) atoms. The fourth-order valence-corrected chi connectivity index (χ4v) is 4.98. The van der Waals surface area contributed by atoms with E-state index in [-0.39, 0.29) is 0 Å². The first kappa shape index (κ1) is 12.0. The zero-order valence-corrected chi connectivity index (χ0v) is 11.5. The molecule has 3 rings (SSSR count). The molecule has 2 aliphatic carbocycles. The molecular weight excluding hydrogens is 208 g/mol. The molecule has 1 aliphatic heterocycles. The third-order valence-electron chi connectivity index (χ3n) is 5.83. The first-order chi connectivity index (χ1) is 8.06. The summed E-state index contributed by atoms with van der Waals surface area (Å²) in [6.07, 6.45) is 8.53. The van der Waals surface area contributed by atoms with E-state index < -0.39 is 0 Å². The van der Waals surface area contributed by atoms with E-state index in [2.05, 4.69) is 18.7 Å². The lowest BCUT2D eigenvalue weighted by atomic mass is 9.75. The number of nitrogens with zero attached hydrogens (tertiary/aromatic N) is 1. The third-order valence-corrected chi connectivity index (χ3v) is 5.83. The summed E-state index contributed by atoms with van der Waals surface area (Å²) in [6.45, 7) is 8.31. The molecule has 1 saturated heterocycles. The van der Waals surface area contributed by atoms with Gasteiger partial charge in [0.25, 0.3) is 0 Å². The van der Waals surface area contributed by atoms with Crippen LogP contribution < -0.4 is 5.73 Å². The van der Waals surface area contributed by atoms with Gasteiger partial charge in [0.15, 0.2) is 0 Å². The normalized spacial score (nSPS) is 45.4. The molecule has 2 nitrogen and oxygen atoms in total. The molecule has 0 spiro atoms. The van der Waals surface area contributed by atoms with E-state index in [9.17, 15) is 0 Å². The van der Waals surface area contributed by atoms with Gasteiger partial charge in [0.2, 0.25) is 0 Å². The number of fused-ring (bicyclic) bond motifs is 2. The molecule has 3 aliphatic rings. The molecule has 3 unspecified atom stereocenters. The van der Waals surface area contributed by atoms with E-state index in [1.165, 1.54) is 51.6 Å². The number of rotatable bonds is 2. The van der Waals surface area contributed by atoms with Crippen LogP contribution in [-0.4, -0.2) is 30.1 Å². The summed E-state index contributed by atoms with van der Waals surface area (Å²) < 4.78 is 0. The van der Waals surface area contributed by atoms with Gasteiger partial charge in [-0.2, -0.15) is 0 Å². The van der Waals surface area contributed by atoms with Gasteiger partial charge in [-0.05, 0) is 55.9 Å². The zero-order valence-electron chi connectivity index (χ0n) is 11.5. The molecule has 2 heteroatoms. The van der Waals surface area contributed by atoms with Crippen LogP contribution in [0.25, 0.3) is 0 Å². The highest BCUT2D eigenvalue weighted by Crippen LogP contribution is 2.54. The molecule has 0 amide bonds. The van der Waals surface area contributed by atoms with E-state index in [0.29, 0.717) is 11.0 Å². The smallest absolute Gasteiger partial charge is 0.0362 e. The summed E-state index contributed by atoms with van der Waals surface area (Å²) in [7, 11) is 0. The van der Waals surface area contributed by atoms with Gasteiger partial charge in [0, 0.05) is 18.6 Å². The highest BCUT2D eigenvalue weighted by molar-refractivity contribution is 5.09. The van der Waals surface area contributed by atoms with Crippen molar-refractivity contribution in [2.24, 2.45) is 23.0 Å². The Balaban J connectivity index is 1.81. The van der Waals surface area contributed by atoms with Crippen LogP contribution in [-0.2, 0) is 0 Å². The minimum atomic E-state index is 0.389. The topological polar surface area (TPSA) is 29.3 Å². The van der Waals surface area contributed by atoms with Crippen molar-refractivity contribution < 1.29 is 0 Å². The van der Waals surface area contributed by atoms with Crippen LogP contribution in [0.15, 0.2) is 0 Å². The summed E-state index contributed by atoms with van der Waals surface area (Å²) in [5.41, 5.74) is 7.12. The summed E-state index contributed by atoms with van der Waals surface area (Å²) in [5.74, 6) is 1.90. The Morgan fingerprint density at radius 1 is 1.29 bits per heavy atom. The first-order valence-electron chi connectivity index (χ1n) is 7.51. The van der Waals surface area contributed by atoms with Crippen LogP contribution in [0.3, 0.4) is 0 Å². The number of nitrogens with two attached hydrogens (primary N) is 1. The molecule has 0 aromatic heterocycles. The van der Waals surface area contributed by atoms with Crippen molar-refractivity contribution >= 4 is 0 Å². The maximum absolute atomic E-state index is 6.23. The quantitative estimate of drug-likeness (QED) is 0.798. The number of piperidine rings is 1. The molecule has 3 fully saturated rings. The van der Waals surface area contributed by atoms with Crippen molar-refractivity contribution in [2.75, 3.05) is 19.6 Å². The van der Waals surface area contributed by atoms with Crippen molar-refractivity contribution in [3.63, 3.8) is 0 Å². The molecule has 0 aromatic carbocycles. The van der Waals surface area contributed by atoms with Gasteiger partial charge < -0.3 is 5.73 Å². The summed E-state index contributed by atoms with van der Waals surface area (Å²) in [5, 5.41) is 0. The Morgan fingerprint density at radius 2 is 2.12 bits per heavy atom. The Kier molecular flexibility index (Phi) is 2.79. The van der Waals surface area contributed by atoms with Crippen LogP contribution in [0.4, 0.5) is 0 Å². The zero-order chi connectivity index (χ0) is 12.1. The van der Waals surface area contributed by atoms with Crippen molar-refractivity contribution in [2.45, 2.75) is 57.9 Å². The second-order valence-corrected chi connectivity index (χ2v) is 7.58. The van der Waals surface area contributed by atoms with Crippen LogP contribution in [0.1, 0.15) is 52.4 Å². The molecule has 0 radical (unpaired) electrons. The Hall–Kier alpha value is -0.0800. The summed E-state index contributed by atoms with van der Waals surface area (Å²) >= 11 is 0. The van der Waals surface area contributed by atoms with Crippen molar-refractivity contribution in [3.05, 3.63) is 0 Å². The van der Waals surface area contributed by atoms with Crippen LogP contribution in [0.2, 0.25) is 0 Å². The lowest BCUT2D eigenvalue weighted by Crippen LogP contribution is -2.61. The van der Waals surface area contributed by atoms with E-state index in [0.717, 1.165) is 18.4 Å². The maximum atomic E-state index is 6.23. The molecule has 2 bridgehead atoms. The van der Waals surface area contributed by atoms with Crippen molar-refractivity contribution in [1.29, 1.82) is 0 Å². The van der Waals surface area contributed by atoms with Gasteiger partial charge in [0.05, 0.1) is 0 Å². The van der Waals surface area contributed by atoms with E-state index >= 15 is 0 Å². The van der Waals surface area contributed by atoms with Crippen molar-refractivity contribution in [1.82, 2.24) is 4.90 Å². The molecule has 1 heterocycles. The standard InChI is InChI=1S/C15H28N2/c1-14(2)6-3-7-17(11-14)15(10-16)9-12-4-5-13(15)8-12/h12-13H,3-11,16H2,1-2H3. The monoisotopic (exact) mass is 236 g/mol. The maximum Gasteiger partial charge on any atom is 0.0362 e. The SMILES string of the molecule is CC1(C)CCCN(C2(CN)CC3CCC2C3)C1. The van der Waals surface area contributed by atoms with Crippen LogP contribution in [0.5, 0.6) is 0 Å². The first-order valence-corrected chi connectivity index (χ1v) is 7.51. The van der Waals surface area contributed by atoms with Gasteiger partial charge in [-0.1, -0.05) is 20.3 Å². The highest BCUT2D eigenvalue weighted by Gasteiger charge is 2.54. The largest absolute Gasteiger partial charge is 0.329 e. The molecule has 3 atom stereocenters. The van der Waals surface area contributed by atoms with Gasteiger partial charge >= 0.3 is 0 Å². The Morgan fingerprint density at radius 3 is 2.65 bits per heavy atom. The van der Waals surface area contributed by atoms with Gasteiger partial charge in [0.1, 0.15) is 0 Å². The lowest BCUT2D eigenvalue weighted by molar-refractivity contribution is -0.0141. The third kappa shape index (κ3) is 1.84. The predicted octanol–water partition coefficient (Wildman–Crippen LogP) is 2.63. The minimum Gasteiger partial charge on any atom is -0.329 e. The molecule has 98 valence electrons. The highest BCUT2D eigenvalue weighted by atomic mass is 15.2. The van der Waals surface area contributed by atoms with E-state index in [1.54, 1.807) is 0 Å². The van der Waals surface area contributed by atoms with Gasteiger partial charge in [-0.25, -0.2) is 0 Å². The average molecular weight is 236 g/mol. The minimum absolute atomic E-state index is 0.389. The second kappa shape index (κ2) is 3.96. The van der Waals surface area contributed by atoms with Gasteiger partial charge in [-0.15, -0.1) is 0 Å². The number of likely N-dealkylation sites (tertiary alicyclic amines) is 1. The van der Waals surface area contributed by atoms with Crippen molar-refractivity contribution in [3.8, 4) is 0 Å². The fraction of sp³-hybridized carbons (Fsp3) is 1.00. The fourth-order valence-electron chi connectivity index (χ4n) is 4.98. The lowest BCUT2D eigenvalue weighted by Gasteiger charge is -2.51. The molecule has 2 N–H and O–H groups in total. The van der Waals surface area contributed by atoms with E-state index in [4.69, 9.17) is 5.73 Å². The molecule has 0 aromatic rings. The molecule has 2 saturated carbocycles. The predicted molar refractivity (Wildman–Crippen MR) is 71.8 cm³/mol. The summed E-state index contributed by atoms with van der Waals surface area (Å²) in [4.78, 5) is 2.79. The van der Waals surface area contributed by atoms with Gasteiger partial charge in [-0.3, -0.25) is 4.90 Å². The Labute approximate surface area is 106 Å². The number of hydrogen-bond donors (Lipinski definition) is 1.